The molecule has 1 aliphatic rings. The van der Waals surface area contributed by atoms with Crippen molar-refractivity contribution in [3.05, 3.63) is 42.0 Å². The predicted molar refractivity (Wildman–Crippen MR) is 104 cm³/mol. The lowest BCUT2D eigenvalue weighted by molar-refractivity contribution is 0.00578. The summed E-state index contributed by atoms with van der Waals surface area (Å²) in [6.07, 6.45) is 3.87. The van der Waals surface area contributed by atoms with Crippen molar-refractivity contribution in [2.24, 2.45) is 0 Å². The number of hydrogen-bond donors (Lipinski definition) is 0. The lowest BCUT2D eigenvalue weighted by Crippen LogP contribution is -2.41. The van der Waals surface area contributed by atoms with E-state index >= 15 is 0 Å². The summed E-state index contributed by atoms with van der Waals surface area (Å²) in [5.41, 5.74) is 1.41. The van der Waals surface area contributed by atoms with Gasteiger partial charge in [-0.2, -0.15) is 0 Å². The number of hydrogen-bond acceptors (Lipinski definition) is 4. The van der Waals surface area contributed by atoms with E-state index in [1.54, 1.807) is 7.11 Å². The number of aromatic nitrogens is 2. The van der Waals surface area contributed by atoms with Crippen LogP contribution in [0.5, 0.6) is 5.75 Å². The van der Waals surface area contributed by atoms with E-state index in [2.05, 4.69) is 57.2 Å². The Morgan fingerprint density at radius 1 is 1.15 bits per heavy atom. The molecule has 26 heavy (non-hydrogen) atoms. The van der Waals surface area contributed by atoms with Gasteiger partial charge in [-0.15, -0.1) is 0 Å². The highest BCUT2D eigenvalue weighted by Crippen LogP contribution is 2.37. The SMILES string of the molecule is COc1ccc(B2OC(C)(C)C(C)(C)O2)c(Cn2ccnc2C(C)C)c1. The molecule has 0 amide bonds. The molecule has 6 heteroatoms. The zero-order valence-electron chi connectivity index (χ0n) is 16.9. The zero-order valence-corrected chi connectivity index (χ0v) is 16.9. The van der Waals surface area contributed by atoms with E-state index in [4.69, 9.17) is 14.0 Å². The first-order valence-electron chi connectivity index (χ1n) is 9.18. The molecule has 0 aliphatic carbocycles. The highest BCUT2D eigenvalue weighted by atomic mass is 16.7. The molecule has 0 N–H and O–H groups in total. The summed E-state index contributed by atoms with van der Waals surface area (Å²) < 4.78 is 20.2. The van der Waals surface area contributed by atoms with Gasteiger partial charge in [0, 0.05) is 24.9 Å². The van der Waals surface area contributed by atoms with Crippen LogP contribution < -0.4 is 10.2 Å². The van der Waals surface area contributed by atoms with Gasteiger partial charge in [0.15, 0.2) is 0 Å². The number of imidazole rings is 1. The Balaban J connectivity index is 1.98. The van der Waals surface area contributed by atoms with Gasteiger partial charge < -0.3 is 18.6 Å². The number of methoxy groups -OCH3 is 1. The van der Waals surface area contributed by atoms with Gasteiger partial charge in [-0.1, -0.05) is 19.9 Å². The summed E-state index contributed by atoms with van der Waals surface area (Å²) in [6.45, 7) is 13.3. The Morgan fingerprint density at radius 2 is 1.81 bits per heavy atom. The first kappa shape index (κ1) is 19.0. The van der Waals surface area contributed by atoms with Crippen molar-refractivity contribution in [2.75, 3.05) is 7.11 Å². The summed E-state index contributed by atoms with van der Waals surface area (Å²) in [7, 11) is 1.29. The summed E-state index contributed by atoms with van der Waals surface area (Å²) in [5.74, 6) is 2.25. The molecule has 1 aromatic heterocycles. The van der Waals surface area contributed by atoms with Gasteiger partial charge >= 0.3 is 7.12 Å². The molecule has 2 heterocycles. The van der Waals surface area contributed by atoms with Gasteiger partial charge in [-0.25, -0.2) is 4.98 Å². The van der Waals surface area contributed by atoms with Crippen LogP contribution in [0.2, 0.25) is 0 Å². The van der Waals surface area contributed by atoms with Crippen molar-refractivity contribution in [1.82, 2.24) is 9.55 Å². The van der Waals surface area contributed by atoms with Crippen LogP contribution in [0.3, 0.4) is 0 Å². The average Bonchev–Trinajstić information content (AvgIpc) is 3.09. The van der Waals surface area contributed by atoms with Crippen molar-refractivity contribution in [3.63, 3.8) is 0 Å². The second-order valence-electron chi connectivity index (χ2n) is 8.22. The Labute approximate surface area is 156 Å². The number of ether oxygens (including phenoxy) is 1. The van der Waals surface area contributed by atoms with Gasteiger partial charge in [0.1, 0.15) is 11.6 Å². The third-order valence-corrected chi connectivity index (χ3v) is 5.46. The standard InChI is InChI=1S/C20H29BN2O3/c1-14(2)18-22-10-11-23(18)13-15-12-16(24-7)8-9-17(15)21-25-19(3,4)20(5,6)26-21/h8-12,14H,13H2,1-7H3. The highest BCUT2D eigenvalue weighted by Gasteiger charge is 2.52. The van der Waals surface area contributed by atoms with Crippen molar-refractivity contribution >= 4 is 12.6 Å². The molecule has 1 saturated heterocycles. The minimum absolute atomic E-state index is 0.357. The molecule has 140 valence electrons. The largest absolute Gasteiger partial charge is 0.497 e. The molecule has 0 bridgehead atoms. The van der Waals surface area contributed by atoms with Crippen LogP contribution in [0.25, 0.3) is 0 Å². The minimum Gasteiger partial charge on any atom is -0.497 e. The molecule has 1 fully saturated rings. The molecule has 1 aromatic carbocycles. The quantitative estimate of drug-likeness (QED) is 0.771. The number of benzene rings is 1. The monoisotopic (exact) mass is 356 g/mol. The smallest absolute Gasteiger partial charge is 0.495 e. The van der Waals surface area contributed by atoms with Gasteiger partial charge in [0.2, 0.25) is 0 Å². The molecule has 0 spiro atoms. The van der Waals surface area contributed by atoms with E-state index in [1.807, 2.05) is 24.5 Å². The van der Waals surface area contributed by atoms with Crippen molar-refractivity contribution in [3.8, 4) is 5.75 Å². The molecule has 5 nitrogen and oxygen atoms in total. The Kier molecular flexibility index (Phi) is 4.93. The van der Waals surface area contributed by atoms with E-state index in [1.165, 1.54) is 0 Å². The first-order chi connectivity index (χ1) is 12.1. The van der Waals surface area contributed by atoms with E-state index in [-0.39, 0.29) is 11.2 Å². The molecule has 0 unspecified atom stereocenters. The second kappa shape index (κ2) is 6.74. The summed E-state index contributed by atoms with van der Waals surface area (Å²) in [6, 6.07) is 6.06. The molecule has 0 atom stereocenters. The molecule has 0 saturated carbocycles. The Bertz CT molecular complexity index is 767. The van der Waals surface area contributed by atoms with Crippen molar-refractivity contribution < 1.29 is 14.0 Å². The van der Waals surface area contributed by atoms with Crippen molar-refractivity contribution in [2.45, 2.75) is 65.2 Å². The average molecular weight is 356 g/mol. The third-order valence-electron chi connectivity index (χ3n) is 5.46. The molecule has 0 radical (unpaired) electrons. The lowest BCUT2D eigenvalue weighted by Gasteiger charge is -2.32. The molecular weight excluding hydrogens is 327 g/mol. The third kappa shape index (κ3) is 3.40. The second-order valence-corrected chi connectivity index (χ2v) is 8.22. The normalized spacial score (nSPS) is 18.5. The van der Waals surface area contributed by atoms with E-state index in [0.717, 1.165) is 22.6 Å². The van der Waals surface area contributed by atoms with Crippen LogP contribution in [0, 0.1) is 0 Å². The molecular formula is C20H29BN2O3. The van der Waals surface area contributed by atoms with Gasteiger partial charge in [0.05, 0.1) is 18.3 Å². The fraction of sp³-hybridized carbons (Fsp3) is 0.550. The first-order valence-corrected chi connectivity index (χ1v) is 9.18. The highest BCUT2D eigenvalue weighted by molar-refractivity contribution is 6.62. The van der Waals surface area contributed by atoms with Crippen LogP contribution in [-0.4, -0.2) is 35.0 Å². The number of nitrogens with zero attached hydrogens (tertiary/aromatic N) is 2. The predicted octanol–water partition coefficient (Wildman–Crippen LogP) is 3.36. The molecule has 1 aliphatic heterocycles. The lowest BCUT2D eigenvalue weighted by atomic mass is 9.75. The van der Waals surface area contributed by atoms with Gasteiger partial charge in [-0.05, 0) is 50.9 Å². The van der Waals surface area contributed by atoms with E-state index in [9.17, 15) is 0 Å². The maximum Gasteiger partial charge on any atom is 0.495 e. The van der Waals surface area contributed by atoms with Crippen LogP contribution in [0.15, 0.2) is 30.6 Å². The Morgan fingerprint density at radius 3 is 2.38 bits per heavy atom. The van der Waals surface area contributed by atoms with Gasteiger partial charge in [0.25, 0.3) is 0 Å². The summed E-state index contributed by atoms with van der Waals surface area (Å²) in [4.78, 5) is 4.50. The van der Waals surface area contributed by atoms with Crippen LogP contribution >= 0.6 is 0 Å². The van der Waals surface area contributed by atoms with Crippen molar-refractivity contribution in [1.29, 1.82) is 0 Å². The fourth-order valence-electron chi connectivity index (χ4n) is 3.18. The van der Waals surface area contributed by atoms with E-state index in [0.29, 0.717) is 12.5 Å². The van der Waals surface area contributed by atoms with Crippen LogP contribution in [-0.2, 0) is 15.9 Å². The van der Waals surface area contributed by atoms with Gasteiger partial charge in [-0.3, -0.25) is 0 Å². The Hall–Kier alpha value is -1.79. The van der Waals surface area contributed by atoms with E-state index < -0.39 is 7.12 Å². The topological polar surface area (TPSA) is 45.5 Å². The van der Waals surface area contributed by atoms with Crippen LogP contribution in [0.1, 0.15) is 58.8 Å². The molecule has 2 aromatic rings. The maximum atomic E-state index is 6.27. The fourth-order valence-corrected chi connectivity index (χ4v) is 3.18. The maximum absolute atomic E-state index is 6.27. The molecule has 3 rings (SSSR count). The minimum atomic E-state index is -0.396. The zero-order chi connectivity index (χ0) is 19.1. The summed E-state index contributed by atoms with van der Waals surface area (Å²) >= 11 is 0. The number of rotatable bonds is 5. The van der Waals surface area contributed by atoms with Crippen LogP contribution in [0.4, 0.5) is 0 Å². The summed E-state index contributed by atoms with van der Waals surface area (Å²) in [5, 5.41) is 0.